The Hall–Kier alpha value is -3.22. The fourth-order valence-corrected chi connectivity index (χ4v) is 2.19. The van der Waals surface area contributed by atoms with Crippen LogP contribution in [0.2, 0.25) is 0 Å². The van der Waals surface area contributed by atoms with Crippen LogP contribution in [0.15, 0.2) is 51.7 Å². The fourth-order valence-electron chi connectivity index (χ4n) is 2.19. The third-order valence-corrected chi connectivity index (χ3v) is 3.17. The van der Waals surface area contributed by atoms with Crippen LogP contribution in [0.1, 0.15) is 0 Å². The number of nitro groups is 1. The van der Waals surface area contributed by atoms with E-state index in [1.807, 2.05) is 0 Å². The smallest absolute Gasteiger partial charge is 0.354 e. The van der Waals surface area contributed by atoms with Gasteiger partial charge in [-0.3, -0.25) is 10.1 Å². The second-order valence-corrected chi connectivity index (χ2v) is 4.44. The largest absolute Gasteiger partial charge is 0.496 e. The predicted molar refractivity (Wildman–Crippen MR) is 78.9 cm³/mol. The maximum absolute atomic E-state index is 12.1. The summed E-state index contributed by atoms with van der Waals surface area (Å²) in [5.74, 6) is 0.540. The van der Waals surface area contributed by atoms with Gasteiger partial charge in [0.15, 0.2) is 5.39 Å². The summed E-state index contributed by atoms with van der Waals surface area (Å²) in [4.78, 5) is 26.7. The third kappa shape index (κ3) is 2.18. The summed E-state index contributed by atoms with van der Waals surface area (Å²) in [6.07, 6.45) is 0. The number of hydrogen-bond acceptors (Lipinski definition) is 6. The lowest BCUT2D eigenvalue weighted by molar-refractivity contribution is -0.383. The predicted octanol–water partition coefficient (Wildman–Crippen LogP) is 2.77. The van der Waals surface area contributed by atoms with Crippen molar-refractivity contribution in [2.75, 3.05) is 7.11 Å². The number of aromatic nitrogens is 1. The van der Waals surface area contributed by atoms with E-state index in [2.05, 4.69) is 4.98 Å². The highest BCUT2D eigenvalue weighted by atomic mass is 16.6. The van der Waals surface area contributed by atoms with Crippen LogP contribution in [0.25, 0.3) is 22.4 Å². The lowest BCUT2D eigenvalue weighted by Crippen LogP contribution is -2.06. The van der Waals surface area contributed by atoms with Crippen LogP contribution < -0.4 is 10.4 Å². The summed E-state index contributed by atoms with van der Waals surface area (Å²) in [5, 5.41) is 10.9. The molecule has 0 unspecified atom stereocenters. The Morgan fingerprint density at radius 2 is 1.95 bits per heavy atom. The maximum Gasteiger partial charge on any atom is 0.354 e. The van der Waals surface area contributed by atoms with Crippen molar-refractivity contribution >= 4 is 16.6 Å². The number of methoxy groups -OCH3 is 1. The van der Waals surface area contributed by atoms with Crippen LogP contribution >= 0.6 is 0 Å². The van der Waals surface area contributed by atoms with Crippen molar-refractivity contribution in [3.05, 3.63) is 63.0 Å². The minimum atomic E-state index is -0.807. The van der Waals surface area contributed by atoms with Gasteiger partial charge in [-0.25, -0.2) is 9.78 Å². The van der Waals surface area contributed by atoms with Crippen LogP contribution in [0.5, 0.6) is 5.75 Å². The van der Waals surface area contributed by atoms with Gasteiger partial charge in [-0.1, -0.05) is 18.2 Å². The molecule has 3 rings (SSSR count). The Balaban J connectivity index is 2.31. The van der Waals surface area contributed by atoms with Crippen LogP contribution in [0, 0.1) is 10.1 Å². The molecular weight excluding hydrogens is 288 g/mol. The van der Waals surface area contributed by atoms with E-state index in [1.54, 1.807) is 24.3 Å². The Labute approximate surface area is 123 Å². The first-order valence-electron chi connectivity index (χ1n) is 6.33. The van der Waals surface area contributed by atoms with E-state index in [4.69, 9.17) is 9.15 Å². The van der Waals surface area contributed by atoms with E-state index >= 15 is 0 Å². The van der Waals surface area contributed by atoms with Gasteiger partial charge < -0.3 is 9.15 Å². The summed E-state index contributed by atoms with van der Waals surface area (Å²) in [6.45, 7) is 0. The van der Waals surface area contributed by atoms with Gasteiger partial charge in [0.25, 0.3) is 5.69 Å². The maximum atomic E-state index is 12.1. The first-order valence-corrected chi connectivity index (χ1v) is 6.33. The van der Waals surface area contributed by atoms with Crippen molar-refractivity contribution in [2.24, 2.45) is 0 Å². The van der Waals surface area contributed by atoms with E-state index in [0.29, 0.717) is 11.3 Å². The van der Waals surface area contributed by atoms with Crippen LogP contribution in [-0.2, 0) is 0 Å². The number of nitro benzene ring substituents is 1. The standard InChI is InChI=1S/C15H10N2O5/c1-21-12-8-3-2-5-9(12)14-16-10-6-4-7-11(17(19)20)13(10)15(18)22-14/h2-8H,1H3. The molecule has 1 heterocycles. The van der Waals surface area contributed by atoms with Gasteiger partial charge in [0, 0.05) is 6.07 Å². The third-order valence-electron chi connectivity index (χ3n) is 3.17. The van der Waals surface area contributed by atoms with Gasteiger partial charge >= 0.3 is 5.63 Å². The summed E-state index contributed by atoms with van der Waals surface area (Å²) in [6, 6.07) is 11.1. The minimum Gasteiger partial charge on any atom is -0.496 e. The molecule has 0 bridgehead atoms. The zero-order valence-corrected chi connectivity index (χ0v) is 11.5. The lowest BCUT2D eigenvalue weighted by atomic mass is 10.2. The van der Waals surface area contributed by atoms with E-state index in [1.165, 1.54) is 25.3 Å². The number of nitrogens with zero attached hydrogens (tertiary/aromatic N) is 2. The van der Waals surface area contributed by atoms with Crippen molar-refractivity contribution in [3.63, 3.8) is 0 Å². The van der Waals surface area contributed by atoms with Gasteiger partial charge in [0.05, 0.1) is 23.1 Å². The molecule has 0 aliphatic carbocycles. The van der Waals surface area contributed by atoms with Crippen molar-refractivity contribution < 1.29 is 14.1 Å². The molecule has 0 atom stereocenters. The molecule has 1 aromatic heterocycles. The Morgan fingerprint density at radius 1 is 1.18 bits per heavy atom. The topological polar surface area (TPSA) is 95.5 Å². The SMILES string of the molecule is COc1ccccc1-c1nc2cccc([N+](=O)[O-])c2c(=O)o1. The number of para-hydroxylation sites is 1. The Bertz CT molecular complexity index is 933. The quantitative estimate of drug-likeness (QED) is 0.545. The second kappa shape index (κ2) is 5.28. The molecular formula is C15H10N2O5. The molecule has 0 N–H and O–H groups in total. The van der Waals surface area contributed by atoms with Crippen molar-refractivity contribution in [3.8, 4) is 17.2 Å². The molecule has 0 aliphatic heterocycles. The lowest BCUT2D eigenvalue weighted by Gasteiger charge is -2.06. The van der Waals surface area contributed by atoms with Crippen LogP contribution in [-0.4, -0.2) is 17.0 Å². The summed E-state index contributed by atoms with van der Waals surface area (Å²) >= 11 is 0. The molecule has 110 valence electrons. The highest BCUT2D eigenvalue weighted by Crippen LogP contribution is 2.29. The first kappa shape index (κ1) is 13.7. The molecule has 0 aliphatic rings. The van der Waals surface area contributed by atoms with Gasteiger partial charge in [-0.05, 0) is 18.2 Å². The van der Waals surface area contributed by atoms with Gasteiger partial charge in [-0.15, -0.1) is 0 Å². The van der Waals surface area contributed by atoms with E-state index in [-0.39, 0.29) is 22.5 Å². The number of ether oxygens (including phenoxy) is 1. The van der Waals surface area contributed by atoms with E-state index in [0.717, 1.165) is 0 Å². The van der Waals surface area contributed by atoms with E-state index < -0.39 is 10.5 Å². The number of non-ortho nitro benzene ring substituents is 1. The zero-order chi connectivity index (χ0) is 15.7. The average molecular weight is 298 g/mol. The highest BCUT2D eigenvalue weighted by Gasteiger charge is 2.19. The summed E-state index contributed by atoms with van der Waals surface area (Å²) < 4.78 is 10.4. The van der Waals surface area contributed by atoms with Crippen LogP contribution in [0.4, 0.5) is 5.69 Å². The molecule has 0 saturated heterocycles. The number of fused-ring (bicyclic) bond motifs is 1. The molecule has 0 fully saturated rings. The number of benzene rings is 2. The average Bonchev–Trinajstić information content (AvgIpc) is 2.54. The minimum absolute atomic E-state index is 0.0513. The molecule has 7 nitrogen and oxygen atoms in total. The Kier molecular flexibility index (Phi) is 3.30. The molecule has 0 amide bonds. The molecule has 0 spiro atoms. The molecule has 2 aromatic carbocycles. The summed E-state index contributed by atoms with van der Waals surface area (Å²) in [5.41, 5.74) is -0.439. The van der Waals surface area contributed by atoms with E-state index in [9.17, 15) is 14.9 Å². The van der Waals surface area contributed by atoms with Gasteiger partial charge in [-0.2, -0.15) is 0 Å². The fraction of sp³-hybridized carbons (Fsp3) is 0.0667. The second-order valence-electron chi connectivity index (χ2n) is 4.44. The molecule has 3 aromatic rings. The Morgan fingerprint density at radius 3 is 2.68 bits per heavy atom. The number of rotatable bonds is 3. The van der Waals surface area contributed by atoms with Crippen LogP contribution in [0.3, 0.4) is 0 Å². The normalized spacial score (nSPS) is 10.6. The van der Waals surface area contributed by atoms with Crippen molar-refractivity contribution in [1.29, 1.82) is 0 Å². The molecule has 7 heteroatoms. The monoisotopic (exact) mass is 298 g/mol. The zero-order valence-electron chi connectivity index (χ0n) is 11.5. The van der Waals surface area contributed by atoms with Crippen molar-refractivity contribution in [1.82, 2.24) is 4.98 Å². The highest BCUT2D eigenvalue weighted by molar-refractivity contribution is 5.87. The molecule has 0 radical (unpaired) electrons. The molecule has 0 saturated carbocycles. The van der Waals surface area contributed by atoms with Crippen molar-refractivity contribution in [2.45, 2.75) is 0 Å². The van der Waals surface area contributed by atoms with Gasteiger partial charge in [0.2, 0.25) is 5.89 Å². The number of hydrogen-bond donors (Lipinski definition) is 0. The first-order chi connectivity index (χ1) is 10.6. The molecule has 22 heavy (non-hydrogen) atoms. The summed E-state index contributed by atoms with van der Waals surface area (Å²) in [7, 11) is 1.49. The van der Waals surface area contributed by atoms with Gasteiger partial charge in [0.1, 0.15) is 5.75 Å².